The molecule has 3 aromatic carbocycles. The van der Waals surface area contributed by atoms with E-state index >= 15 is 0 Å². The predicted octanol–water partition coefficient (Wildman–Crippen LogP) is 5.70. The summed E-state index contributed by atoms with van der Waals surface area (Å²) in [6, 6.07) is 19.3. The van der Waals surface area contributed by atoms with Crippen LogP contribution >= 0.6 is 15.9 Å². The van der Waals surface area contributed by atoms with E-state index in [1.165, 1.54) is 4.90 Å². The van der Waals surface area contributed by atoms with Crippen molar-refractivity contribution >= 4 is 39.1 Å². The molecule has 0 radical (unpaired) electrons. The maximum Gasteiger partial charge on any atom is 0.300 e. The summed E-state index contributed by atoms with van der Waals surface area (Å²) in [7, 11) is 1.55. The Bertz CT molecular complexity index is 1260. The van der Waals surface area contributed by atoms with E-state index in [-0.39, 0.29) is 11.3 Å². The van der Waals surface area contributed by atoms with E-state index in [0.717, 1.165) is 16.7 Å². The maximum absolute atomic E-state index is 13.3. The van der Waals surface area contributed by atoms with Gasteiger partial charge in [0, 0.05) is 11.3 Å². The lowest BCUT2D eigenvalue weighted by atomic mass is 9.92. The number of carbonyl (C=O) groups is 2. The Balaban J connectivity index is 1.98. The van der Waals surface area contributed by atoms with E-state index in [9.17, 15) is 14.7 Å². The molecule has 5 nitrogen and oxygen atoms in total. The van der Waals surface area contributed by atoms with Crippen LogP contribution in [0.15, 0.2) is 76.8 Å². The molecule has 1 unspecified atom stereocenters. The number of Topliss-reactive ketones (excluding diaryl/α,β-unsaturated/α-hetero) is 1. The van der Waals surface area contributed by atoms with Crippen molar-refractivity contribution in [1.29, 1.82) is 0 Å². The van der Waals surface area contributed by atoms with Gasteiger partial charge in [-0.15, -0.1) is 0 Å². The molecule has 4 rings (SSSR count). The zero-order chi connectivity index (χ0) is 23.0. The largest absolute Gasteiger partial charge is 0.507 e. The number of hydrogen-bond donors (Lipinski definition) is 1. The van der Waals surface area contributed by atoms with Crippen LogP contribution in [-0.4, -0.2) is 23.9 Å². The number of methoxy groups -OCH3 is 1. The van der Waals surface area contributed by atoms with Crippen LogP contribution in [0.25, 0.3) is 5.76 Å². The highest BCUT2D eigenvalue weighted by Crippen LogP contribution is 2.44. The second-order valence-electron chi connectivity index (χ2n) is 7.66. The molecule has 6 heteroatoms. The molecule has 0 saturated carbocycles. The lowest BCUT2D eigenvalue weighted by Crippen LogP contribution is -2.30. The average Bonchev–Trinajstić information content (AvgIpc) is 3.04. The quantitative estimate of drug-likeness (QED) is 0.288. The Morgan fingerprint density at radius 3 is 2.25 bits per heavy atom. The molecule has 1 saturated heterocycles. The Morgan fingerprint density at radius 1 is 0.969 bits per heavy atom. The lowest BCUT2D eigenvalue weighted by Gasteiger charge is -2.27. The highest BCUT2D eigenvalue weighted by Gasteiger charge is 2.47. The summed E-state index contributed by atoms with van der Waals surface area (Å²) in [6.45, 7) is 3.82. The number of rotatable bonds is 4. The minimum absolute atomic E-state index is 0.0598. The summed E-state index contributed by atoms with van der Waals surface area (Å²) in [5.41, 5.74) is 3.67. The van der Waals surface area contributed by atoms with Crippen LogP contribution < -0.4 is 9.64 Å². The molecule has 1 atom stereocenters. The molecule has 1 aliphatic heterocycles. The van der Waals surface area contributed by atoms with Crippen LogP contribution in [0.3, 0.4) is 0 Å². The predicted molar refractivity (Wildman–Crippen MR) is 128 cm³/mol. The number of halogens is 1. The molecule has 0 aliphatic carbocycles. The highest BCUT2D eigenvalue weighted by atomic mass is 79.9. The smallest absolute Gasteiger partial charge is 0.300 e. The number of anilines is 1. The number of nitrogens with zero attached hydrogens (tertiary/aromatic N) is 1. The SMILES string of the molecule is COc1ccc(/C(O)=C2\C(=O)C(=O)N(c3ccccc3C)C2c2ccccc2C)cc1Br. The third-order valence-electron chi connectivity index (χ3n) is 5.73. The fraction of sp³-hybridized carbons (Fsp3) is 0.154. The number of aliphatic hydroxyl groups is 1. The van der Waals surface area contributed by atoms with E-state index in [4.69, 9.17) is 4.74 Å². The minimum Gasteiger partial charge on any atom is -0.507 e. The summed E-state index contributed by atoms with van der Waals surface area (Å²) in [5.74, 6) is -1.01. The Kier molecular flexibility index (Phi) is 5.89. The number of benzene rings is 3. The van der Waals surface area contributed by atoms with Crippen molar-refractivity contribution in [2.45, 2.75) is 19.9 Å². The van der Waals surface area contributed by atoms with E-state index in [2.05, 4.69) is 15.9 Å². The third-order valence-corrected chi connectivity index (χ3v) is 6.35. The molecule has 1 N–H and O–H groups in total. The molecule has 1 aliphatic rings. The van der Waals surface area contributed by atoms with Crippen LogP contribution in [0.2, 0.25) is 0 Å². The van der Waals surface area contributed by atoms with Gasteiger partial charge < -0.3 is 9.84 Å². The minimum atomic E-state index is -0.752. The van der Waals surface area contributed by atoms with Crippen molar-refractivity contribution < 1.29 is 19.4 Å². The van der Waals surface area contributed by atoms with Crippen LogP contribution in [-0.2, 0) is 9.59 Å². The monoisotopic (exact) mass is 491 g/mol. The van der Waals surface area contributed by atoms with Crippen LogP contribution in [0.1, 0.15) is 28.3 Å². The van der Waals surface area contributed by atoms with Gasteiger partial charge in [0.2, 0.25) is 0 Å². The first-order chi connectivity index (χ1) is 15.3. The van der Waals surface area contributed by atoms with Gasteiger partial charge in [0.05, 0.1) is 23.2 Å². The zero-order valence-electron chi connectivity index (χ0n) is 17.9. The highest BCUT2D eigenvalue weighted by molar-refractivity contribution is 9.10. The second kappa shape index (κ2) is 8.63. The summed E-state index contributed by atoms with van der Waals surface area (Å²) < 4.78 is 5.89. The van der Waals surface area contributed by atoms with Crippen molar-refractivity contribution in [2.24, 2.45) is 0 Å². The Morgan fingerprint density at radius 2 is 1.62 bits per heavy atom. The normalized spacial score (nSPS) is 17.6. The number of hydrogen-bond acceptors (Lipinski definition) is 4. The van der Waals surface area contributed by atoms with Crippen LogP contribution in [0.5, 0.6) is 5.75 Å². The molecule has 1 amide bonds. The van der Waals surface area contributed by atoms with Gasteiger partial charge in [0.25, 0.3) is 11.7 Å². The molecule has 162 valence electrons. The number of amides is 1. The zero-order valence-corrected chi connectivity index (χ0v) is 19.5. The van der Waals surface area contributed by atoms with Gasteiger partial charge in [-0.25, -0.2) is 0 Å². The van der Waals surface area contributed by atoms with Crippen molar-refractivity contribution in [1.82, 2.24) is 0 Å². The number of carbonyl (C=O) groups excluding carboxylic acids is 2. The molecule has 32 heavy (non-hydrogen) atoms. The van der Waals surface area contributed by atoms with Gasteiger partial charge in [0.1, 0.15) is 11.5 Å². The van der Waals surface area contributed by atoms with Crippen LogP contribution in [0.4, 0.5) is 5.69 Å². The second-order valence-corrected chi connectivity index (χ2v) is 8.52. The molecule has 1 fully saturated rings. The molecule has 0 aromatic heterocycles. The first-order valence-corrected chi connectivity index (χ1v) is 10.9. The summed E-state index contributed by atoms with van der Waals surface area (Å²) >= 11 is 3.42. The average molecular weight is 492 g/mol. The van der Waals surface area contributed by atoms with Crippen molar-refractivity contribution in [3.05, 3.63) is 99.0 Å². The van der Waals surface area contributed by atoms with Crippen molar-refractivity contribution in [3.8, 4) is 5.75 Å². The molecular weight excluding hydrogens is 470 g/mol. The van der Waals surface area contributed by atoms with E-state index in [1.807, 2.05) is 62.4 Å². The molecule has 1 heterocycles. The number of aliphatic hydroxyl groups excluding tert-OH is 1. The van der Waals surface area contributed by atoms with Gasteiger partial charge in [0.15, 0.2) is 0 Å². The number of ether oxygens (including phenoxy) is 1. The van der Waals surface area contributed by atoms with Gasteiger partial charge in [-0.05, 0) is 70.7 Å². The number of para-hydroxylation sites is 1. The molecule has 0 spiro atoms. The van der Waals surface area contributed by atoms with E-state index < -0.39 is 17.7 Å². The maximum atomic E-state index is 13.3. The Labute approximate surface area is 195 Å². The first-order valence-electron chi connectivity index (χ1n) is 10.1. The standard InChI is InChI=1S/C26H22BrNO4/c1-15-8-4-6-10-18(15)23-22(24(29)17-12-13-21(32-3)19(27)14-17)25(30)26(31)28(23)20-11-7-5-9-16(20)2/h4-14,23,29H,1-3H3/b24-22+. The van der Waals surface area contributed by atoms with Crippen LogP contribution in [0, 0.1) is 13.8 Å². The lowest BCUT2D eigenvalue weighted by molar-refractivity contribution is -0.132. The summed E-state index contributed by atoms with van der Waals surface area (Å²) in [4.78, 5) is 28.0. The summed E-state index contributed by atoms with van der Waals surface area (Å²) in [5, 5.41) is 11.3. The van der Waals surface area contributed by atoms with Gasteiger partial charge >= 0.3 is 0 Å². The van der Waals surface area contributed by atoms with E-state index in [1.54, 1.807) is 25.3 Å². The van der Waals surface area contributed by atoms with Crippen molar-refractivity contribution in [3.63, 3.8) is 0 Å². The van der Waals surface area contributed by atoms with Crippen molar-refractivity contribution in [2.75, 3.05) is 12.0 Å². The van der Waals surface area contributed by atoms with E-state index in [0.29, 0.717) is 21.5 Å². The molecule has 3 aromatic rings. The molecule has 0 bridgehead atoms. The first kappa shape index (κ1) is 21.8. The van der Waals surface area contributed by atoms with Gasteiger partial charge in [-0.2, -0.15) is 0 Å². The fourth-order valence-corrected chi connectivity index (χ4v) is 4.61. The Hall–Kier alpha value is -3.38. The van der Waals surface area contributed by atoms with Gasteiger partial charge in [-0.1, -0.05) is 42.5 Å². The van der Waals surface area contributed by atoms with Gasteiger partial charge in [-0.3, -0.25) is 14.5 Å². The summed E-state index contributed by atoms with van der Waals surface area (Å²) in [6.07, 6.45) is 0. The fourth-order valence-electron chi connectivity index (χ4n) is 4.07. The number of aryl methyl sites for hydroxylation is 2. The molecular formula is C26H22BrNO4. The third kappa shape index (κ3) is 3.60. The topological polar surface area (TPSA) is 66.8 Å². The number of ketones is 1.